The Morgan fingerprint density at radius 2 is 2.13 bits per heavy atom. The Kier molecular flexibility index (Phi) is 6.84. The summed E-state index contributed by atoms with van der Waals surface area (Å²) in [5.74, 6) is -0.817. The van der Waals surface area contributed by atoms with Gasteiger partial charge in [-0.3, -0.25) is 4.79 Å². The highest BCUT2D eigenvalue weighted by molar-refractivity contribution is 7.90. The van der Waals surface area contributed by atoms with Crippen LogP contribution in [-0.4, -0.2) is 67.0 Å². The van der Waals surface area contributed by atoms with Crippen molar-refractivity contribution in [3.05, 3.63) is 29.7 Å². The summed E-state index contributed by atoms with van der Waals surface area (Å²) in [7, 11) is -3.26. The second-order valence-electron chi connectivity index (χ2n) is 7.33. The van der Waals surface area contributed by atoms with Crippen LogP contribution in [0.2, 0.25) is 0 Å². The molecule has 31 heavy (non-hydrogen) atoms. The molecule has 9 nitrogen and oxygen atoms in total. The molecule has 2 aromatic heterocycles. The lowest BCUT2D eigenvalue weighted by molar-refractivity contribution is -0.137. The van der Waals surface area contributed by atoms with E-state index >= 15 is 0 Å². The van der Waals surface area contributed by atoms with E-state index < -0.39 is 27.5 Å². The van der Waals surface area contributed by atoms with Gasteiger partial charge >= 0.3 is 6.18 Å². The van der Waals surface area contributed by atoms with Gasteiger partial charge in [0.1, 0.15) is 21.1 Å². The van der Waals surface area contributed by atoms with Gasteiger partial charge in [-0.1, -0.05) is 0 Å². The molecule has 0 aromatic carbocycles. The molecule has 1 aliphatic rings. The Bertz CT molecular complexity index is 1030. The fourth-order valence-electron chi connectivity index (χ4n) is 3.14. The molecule has 13 heteroatoms. The molecule has 1 amide bonds. The van der Waals surface area contributed by atoms with Gasteiger partial charge in [-0.25, -0.2) is 18.4 Å². The van der Waals surface area contributed by atoms with Crippen LogP contribution >= 0.6 is 0 Å². The monoisotopic (exact) mass is 460 g/mol. The third kappa shape index (κ3) is 6.40. The zero-order valence-corrected chi connectivity index (χ0v) is 17.5. The Morgan fingerprint density at radius 1 is 1.35 bits per heavy atom. The number of hydrogen-bond acceptors (Lipinski definition) is 7. The van der Waals surface area contributed by atoms with Gasteiger partial charge in [0.15, 0.2) is 0 Å². The number of amides is 1. The normalized spacial score (nSPS) is 17.4. The number of halogens is 3. The number of piperidine rings is 1. The number of carbonyl (C=O) groups is 1. The van der Waals surface area contributed by atoms with E-state index in [-0.39, 0.29) is 41.2 Å². The van der Waals surface area contributed by atoms with Crippen LogP contribution in [-0.2, 0) is 16.0 Å². The first kappa shape index (κ1) is 23.0. The molecule has 1 atom stereocenters. The van der Waals surface area contributed by atoms with Crippen LogP contribution in [0, 0.1) is 0 Å². The van der Waals surface area contributed by atoms with E-state index in [4.69, 9.17) is 0 Å². The lowest BCUT2D eigenvalue weighted by atomic mass is 10.1. The van der Waals surface area contributed by atoms with Crippen LogP contribution < -0.4 is 16.0 Å². The van der Waals surface area contributed by atoms with E-state index in [0.29, 0.717) is 6.54 Å². The van der Waals surface area contributed by atoms with Crippen molar-refractivity contribution in [2.45, 2.75) is 25.1 Å². The number of alkyl halides is 3. The van der Waals surface area contributed by atoms with E-state index in [1.165, 1.54) is 12.3 Å². The van der Waals surface area contributed by atoms with Crippen LogP contribution in [0.25, 0.3) is 11.3 Å². The van der Waals surface area contributed by atoms with Gasteiger partial charge in [0, 0.05) is 43.3 Å². The zero-order valence-electron chi connectivity index (χ0n) is 16.7. The summed E-state index contributed by atoms with van der Waals surface area (Å²) in [6.45, 7) is 1.42. The molecule has 1 aliphatic heterocycles. The van der Waals surface area contributed by atoms with Crippen molar-refractivity contribution in [2.75, 3.05) is 37.0 Å². The number of H-pyrrole nitrogens is 1. The number of rotatable bonds is 7. The topological polar surface area (TPSA) is 129 Å². The summed E-state index contributed by atoms with van der Waals surface area (Å²) in [5, 5.41) is 8.64. The standard InChI is InChI=1S/C18H23F3N6O3S/c1-31(29,30)6-5-23-16(28)14-7-11(8-24-14)15-13(18(19,20)21)10-25-17(27-15)26-12-3-2-4-22-9-12/h7-8,10,12,22,24H,2-6,9H2,1H3,(H,23,28)(H,25,26,27)/t12-/m0/s1. The van der Waals surface area contributed by atoms with Crippen molar-refractivity contribution in [1.82, 2.24) is 25.6 Å². The minimum absolute atomic E-state index is 0.000690. The molecule has 170 valence electrons. The summed E-state index contributed by atoms with van der Waals surface area (Å²) in [5.41, 5.74) is -1.34. The highest BCUT2D eigenvalue weighted by Crippen LogP contribution is 2.36. The van der Waals surface area contributed by atoms with Crippen molar-refractivity contribution >= 4 is 21.7 Å². The average Bonchev–Trinajstić information content (AvgIpc) is 3.17. The number of carbonyl (C=O) groups excluding carboxylic acids is 1. The molecule has 0 saturated carbocycles. The van der Waals surface area contributed by atoms with Gasteiger partial charge in [-0.15, -0.1) is 0 Å². The van der Waals surface area contributed by atoms with Gasteiger partial charge in [-0.2, -0.15) is 13.2 Å². The molecule has 0 spiro atoms. The molecule has 1 fully saturated rings. The van der Waals surface area contributed by atoms with Crippen LogP contribution in [0.1, 0.15) is 28.9 Å². The van der Waals surface area contributed by atoms with E-state index in [1.807, 2.05) is 0 Å². The SMILES string of the molecule is CS(=O)(=O)CCNC(=O)c1cc(-c2nc(N[C@H]3CCCNC3)ncc2C(F)(F)F)c[nH]1. The van der Waals surface area contributed by atoms with Gasteiger partial charge in [0.05, 0.1) is 11.4 Å². The quantitative estimate of drug-likeness (QED) is 0.492. The Hall–Kier alpha value is -2.67. The zero-order chi connectivity index (χ0) is 22.6. The number of nitrogens with zero attached hydrogens (tertiary/aromatic N) is 2. The molecule has 3 rings (SSSR count). The fourth-order valence-corrected chi connectivity index (χ4v) is 3.62. The third-order valence-corrected chi connectivity index (χ3v) is 5.63. The number of aromatic nitrogens is 3. The summed E-state index contributed by atoms with van der Waals surface area (Å²) in [6, 6.07) is 1.24. The number of nitrogens with one attached hydrogen (secondary N) is 4. The highest BCUT2D eigenvalue weighted by atomic mass is 32.2. The molecular weight excluding hydrogens is 437 g/mol. The van der Waals surface area contributed by atoms with E-state index in [1.54, 1.807) is 0 Å². The second kappa shape index (κ2) is 9.22. The lowest BCUT2D eigenvalue weighted by Crippen LogP contribution is -2.38. The number of hydrogen-bond donors (Lipinski definition) is 4. The van der Waals surface area contributed by atoms with Crippen molar-refractivity contribution in [2.24, 2.45) is 0 Å². The largest absolute Gasteiger partial charge is 0.419 e. The summed E-state index contributed by atoms with van der Waals surface area (Å²) in [4.78, 5) is 22.7. The Labute approximate surface area is 177 Å². The van der Waals surface area contributed by atoms with Crippen LogP contribution in [0.15, 0.2) is 18.5 Å². The van der Waals surface area contributed by atoms with Gasteiger partial charge in [0.25, 0.3) is 5.91 Å². The predicted molar refractivity (Wildman–Crippen MR) is 108 cm³/mol. The van der Waals surface area contributed by atoms with Crippen molar-refractivity contribution in [3.8, 4) is 11.3 Å². The number of sulfone groups is 1. The first-order chi connectivity index (χ1) is 14.5. The molecule has 3 heterocycles. The molecule has 0 aliphatic carbocycles. The number of aromatic amines is 1. The van der Waals surface area contributed by atoms with E-state index in [2.05, 4.69) is 30.9 Å². The third-order valence-electron chi connectivity index (χ3n) is 4.68. The van der Waals surface area contributed by atoms with Crippen LogP contribution in [0.4, 0.5) is 19.1 Å². The molecule has 0 bridgehead atoms. The first-order valence-electron chi connectivity index (χ1n) is 9.59. The minimum atomic E-state index is -4.69. The summed E-state index contributed by atoms with van der Waals surface area (Å²) >= 11 is 0. The molecule has 0 unspecified atom stereocenters. The molecule has 4 N–H and O–H groups in total. The van der Waals surface area contributed by atoms with E-state index in [9.17, 15) is 26.4 Å². The summed E-state index contributed by atoms with van der Waals surface area (Å²) < 4.78 is 62.8. The minimum Gasteiger partial charge on any atom is -0.357 e. The maximum Gasteiger partial charge on any atom is 0.419 e. The molecule has 2 aromatic rings. The smallest absolute Gasteiger partial charge is 0.357 e. The van der Waals surface area contributed by atoms with Gasteiger partial charge < -0.3 is 20.9 Å². The van der Waals surface area contributed by atoms with Gasteiger partial charge in [-0.05, 0) is 25.5 Å². The van der Waals surface area contributed by atoms with E-state index in [0.717, 1.165) is 31.8 Å². The Morgan fingerprint density at radius 3 is 2.77 bits per heavy atom. The van der Waals surface area contributed by atoms with Crippen molar-refractivity contribution in [1.29, 1.82) is 0 Å². The Balaban J connectivity index is 1.82. The number of anilines is 1. The predicted octanol–water partition coefficient (Wildman–Crippen LogP) is 1.43. The summed E-state index contributed by atoms with van der Waals surface area (Å²) in [6.07, 6.45) is 0.0916. The average molecular weight is 460 g/mol. The van der Waals surface area contributed by atoms with Crippen LogP contribution in [0.5, 0.6) is 0 Å². The first-order valence-corrected chi connectivity index (χ1v) is 11.7. The molecular formula is C18H23F3N6O3S. The van der Waals surface area contributed by atoms with Crippen molar-refractivity contribution in [3.63, 3.8) is 0 Å². The van der Waals surface area contributed by atoms with Gasteiger partial charge in [0.2, 0.25) is 5.95 Å². The second-order valence-corrected chi connectivity index (χ2v) is 9.59. The lowest BCUT2D eigenvalue weighted by Gasteiger charge is -2.24. The molecule has 0 radical (unpaired) electrons. The van der Waals surface area contributed by atoms with Crippen molar-refractivity contribution < 1.29 is 26.4 Å². The maximum atomic E-state index is 13.5. The fraction of sp³-hybridized carbons (Fsp3) is 0.500. The maximum absolute atomic E-state index is 13.5. The van der Waals surface area contributed by atoms with Crippen LogP contribution in [0.3, 0.4) is 0 Å². The highest BCUT2D eigenvalue weighted by Gasteiger charge is 2.36. The molecule has 1 saturated heterocycles.